The third-order valence-corrected chi connectivity index (χ3v) is 3.26. The van der Waals surface area contributed by atoms with E-state index in [1.54, 1.807) is 19.0 Å². The number of hydrogen-bond acceptors (Lipinski definition) is 4. The third kappa shape index (κ3) is 7.35. The molecule has 1 aliphatic rings. The molecule has 0 atom stereocenters. The number of anilines is 1. The highest BCUT2D eigenvalue weighted by atomic mass is 16.6. The molecule has 0 bridgehead atoms. The standard InChI is InChI=1S/C15H22N2O2.C3H7NO/c1-15(2,3)19-14(18)17-11-9-16(10-12-17)13-7-5-4-6-8-13;1-4(2)3-5/h4-8H,9-12H2,1-3H3;3H,1-2H3. The molecule has 0 spiro atoms. The second-order valence-corrected chi connectivity index (χ2v) is 6.86. The fourth-order valence-electron chi connectivity index (χ4n) is 2.11. The molecule has 6 heteroatoms. The van der Waals surface area contributed by atoms with Gasteiger partial charge in [0, 0.05) is 46.0 Å². The van der Waals surface area contributed by atoms with Crippen LogP contribution in [0.3, 0.4) is 0 Å². The summed E-state index contributed by atoms with van der Waals surface area (Å²) in [5.41, 5.74) is 0.791. The molecule has 24 heavy (non-hydrogen) atoms. The van der Waals surface area contributed by atoms with Crippen molar-refractivity contribution in [1.29, 1.82) is 0 Å². The molecule has 134 valence electrons. The maximum atomic E-state index is 11.9. The van der Waals surface area contributed by atoms with Crippen molar-refractivity contribution in [2.24, 2.45) is 0 Å². The minimum atomic E-state index is -0.423. The van der Waals surface area contributed by atoms with E-state index in [9.17, 15) is 9.59 Å². The van der Waals surface area contributed by atoms with Crippen molar-refractivity contribution in [2.75, 3.05) is 45.2 Å². The van der Waals surface area contributed by atoms with Crippen molar-refractivity contribution in [3.63, 3.8) is 0 Å². The molecule has 0 aliphatic carbocycles. The van der Waals surface area contributed by atoms with E-state index in [0.717, 1.165) is 19.5 Å². The molecule has 1 aliphatic heterocycles. The van der Waals surface area contributed by atoms with Gasteiger partial charge in [-0.2, -0.15) is 0 Å². The Bertz CT molecular complexity index is 504. The normalized spacial score (nSPS) is 14.4. The van der Waals surface area contributed by atoms with Crippen LogP contribution in [0.15, 0.2) is 30.3 Å². The summed E-state index contributed by atoms with van der Waals surface area (Å²) in [7, 11) is 3.38. The summed E-state index contributed by atoms with van der Waals surface area (Å²) in [6.45, 7) is 8.81. The summed E-state index contributed by atoms with van der Waals surface area (Å²) >= 11 is 0. The summed E-state index contributed by atoms with van der Waals surface area (Å²) in [6.07, 6.45) is 0.542. The average Bonchev–Trinajstić information content (AvgIpc) is 2.55. The van der Waals surface area contributed by atoms with Crippen molar-refractivity contribution in [2.45, 2.75) is 26.4 Å². The van der Waals surface area contributed by atoms with Crippen molar-refractivity contribution >= 4 is 18.2 Å². The Morgan fingerprint density at radius 1 is 1.08 bits per heavy atom. The zero-order valence-electron chi connectivity index (χ0n) is 15.4. The van der Waals surface area contributed by atoms with Crippen molar-refractivity contribution in [1.82, 2.24) is 9.80 Å². The maximum absolute atomic E-state index is 11.9. The first-order valence-electron chi connectivity index (χ1n) is 8.12. The number of nitrogens with zero attached hydrogens (tertiary/aromatic N) is 3. The van der Waals surface area contributed by atoms with Gasteiger partial charge >= 0.3 is 6.09 Å². The van der Waals surface area contributed by atoms with Crippen LogP contribution in [0, 0.1) is 0 Å². The predicted molar refractivity (Wildman–Crippen MR) is 96.2 cm³/mol. The Hall–Kier alpha value is -2.24. The molecule has 2 amide bonds. The molecule has 1 heterocycles. The van der Waals surface area contributed by atoms with Gasteiger partial charge in [0.1, 0.15) is 5.60 Å². The smallest absolute Gasteiger partial charge is 0.410 e. The number of carbonyl (C=O) groups is 2. The van der Waals surface area contributed by atoms with E-state index >= 15 is 0 Å². The van der Waals surface area contributed by atoms with Gasteiger partial charge in [0.05, 0.1) is 0 Å². The van der Waals surface area contributed by atoms with E-state index < -0.39 is 5.60 Å². The molecule has 1 saturated heterocycles. The van der Waals surface area contributed by atoms with Gasteiger partial charge in [0.15, 0.2) is 0 Å². The fourth-order valence-corrected chi connectivity index (χ4v) is 2.11. The van der Waals surface area contributed by atoms with Crippen molar-refractivity contribution in [3.05, 3.63) is 30.3 Å². The van der Waals surface area contributed by atoms with Gasteiger partial charge in [-0.3, -0.25) is 4.79 Å². The molecular formula is C18H29N3O3. The fraction of sp³-hybridized carbons (Fsp3) is 0.556. The summed E-state index contributed by atoms with van der Waals surface area (Å²) in [5, 5.41) is 0. The lowest BCUT2D eigenvalue weighted by Crippen LogP contribution is -2.50. The van der Waals surface area contributed by atoms with E-state index in [1.807, 2.05) is 39.0 Å². The highest BCUT2D eigenvalue weighted by molar-refractivity contribution is 5.68. The van der Waals surface area contributed by atoms with Crippen LogP contribution in [0.5, 0.6) is 0 Å². The van der Waals surface area contributed by atoms with E-state index in [-0.39, 0.29) is 6.09 Å². The van der Waals surface area contributed by atoms with Crippen LogP contribution in [-0.4, -0.2) is 68.2 Å². The molecule has 0 unspecified atom stereocenters. The van der Waals surface area contributed by atoms with E-state index in [1.165, 1.54) is 10.6 Å². The first kappa shape index (κ1) is 19.8. The monoisotopic (exact) mass is 335 g/mol. The van der Waals surface area contributed by atoms with E-state index in [4.69, 9.17) is 4.74 Å². The number of piperazine rings is 1. The van der Waals surface area contributed by atoms with Crippen LogP contribution in [0.25, 0.3) is 0 Å². The van der Waals surface area contributed by atoms with Gasteiger partial charge in [-0.05, 0) is 32.9 Å². The Labute approximate surface area is 145 Å². The SMILES string of the molecule is CC(C)(C)OC(=O)N1CCN(c2ccccc2)CC1.CN(C)C=O. The zero-order valence-corrected chi connectivity index (χ0v) is 15.4. The van der Waals surface area contributed by atoms with Crippen LogP contribution in [0.2, 0.25) is 0 Å². The van der Waals surface area contributed by atoms with Gasteiger partial charge in [-0.15, -0.1) is 0 Å². The van der Waals surface area contributed by atoms with E-state index in [0.29, 0.717) is 13.1 Å². The molecule has 6 nitrogen and oxygen atoms in total. The lowest BCUT2D eigenvalue weighted by Gasteiger charge is -2.36. The number of benzene rings is 1. The number of para-hydroxylation sites is 1. The average molecular weight is 335 g/mol. The second kappa shape index (κ2) is 9.15. The number of carbonyl (C=O) groups excluding carboxylic acids is 2. The lowest BCUT2D eigenvalue weighted by atomic mass is 10.2. The number of hydrogen-bond donors (Lipinski definition) is 0. The molecule has 0 radical (unpaired) electrons. The molecule has 1 fully saturated rings. The van der Waals surface area contributed by atoms with E-state index in [2.05, 4.69) is 17.0 Å². The summed E-state index contributed by atoms with van der Waals surface area (Å²) in [5.74, 6) is 0. The second-order valence-electron chi connectivity index (χ2n) is 6.86. The quantitative estimate of drug-likeness (QED) is 0.779. The number of ether oxygens (including phenoxy) is 1. The predicted octanol–water partition coefficient (Wildman–Crippen LogP) is 2.45. The van der Waals surface area contributed by atoms with Gasteiger partial charge in [-0.1, -0.05) is 18.2 Å². The Morgan fingerprint density at radius 3 is 2.00 bits per heavy atom. The van der Waals surface area contributed by atoms with Gasteiger partial charge in [0.2, 0.25) is 6.41 Å². The molecule has 0 saturated carbocycles. The van der Waals surface area contributed by atoms with Crippen LogP contribution in [0.1, 0.15) is 20.8 Å². The third-order valence-electron chi connectivity index (χ3n) is 3.26. The molecular weight excluding hydrogens is 306 g/mol. The summed E-state index contributed by atoms with van der Waals surface area (Å²) in [6, 6.07) is 10.3. The van der Waals surface area contributed by atoms with Gasteiger partial charge < -0.3 is 19.4 Å². The van der Waals surface area contributed by atoms with Crippen molar-refractivity contribution < 1.29 is 14.3 Å². The highest BCUT2D eigenvalue weighted by Gasteiger charge is 2.25. The Kier molecular flexibility index (Phi) is 7.55. The highest BCUT2D eigenvalue weighted by Crippen LogP contribution is 2.17. The molecule has 2 rings (SSSR count). The van der Waals surface area contributed by atoms with Crippen LogP contribution >= 0.6 is 0 Å². The minimum absolute atomic E-state index is 0.208. The number of amides is 2. The molecule has 1 aromatic rings. The Morgan fingerprint density at radius 2 is 1.58 bits per heavy atom. The first-order chi connectivity index (χ1) is 11.2. The topological polar surface area (TPSA) is 53.1 Å². The minimum Gasteiger partial charge on any atom is -0.444 e. The summed E-state index contributed by atoms with van der Waals surface area (Å²) < 4.78 is 5.39. The molecule has 1 aromatic carbocycles. The summed E-state index contributed by atoms with van der Waals surface area (Å²) in [4.78, 5) is 26.9. The van der Waals surface area contributed by atoms with Crippen LogP contribution in [0.4, 0.5) is 10.5 Å². The molecule has 0 aromatic heterocycles. The largest absolute Gasteiger partial charge is 0.444 e. The number of rotatable bonds is 2. The Balaban J connectivity index is 0.000000505. The van der Waals surface area contributed by atoms with Gasteiger partial charge in [0.25, 0.3) is 0 Å². The van der Waals surface area contributed by atoms with Gasteiger partial charge in [-0.25, -0.2) is 4.79 Å². The first-order valence-corrected chi connectivity index (χ1v) is 8.12. The van der Waals surface area contributed by atoms with Crippen LogP contribution in [-0.2, 0) is 9.53 Å². The zero-order chi connectivity index (χ0) is 18.2. The van der Waals surface area contributed by atoms with Crippen molar-refractivity contribution in [3.8, 4) is 0 Å². The lowest BCUT2D eigenvalue weighted by molar-refractivity contribution is -0.115. The van der Waals surface area contributed by atoms with Crippen LogP contribution < -0.4 is 4.90 Å². The molecule has 0 N–H and O–H groups in total. The maximum Gasteiger partial charge on any atom is 0.410 e.